The van der Waals surface area contributed by atoms with Gasteiger partial charge in [-0.25, -0.2) is 9.78 Å². The molecule has 2 heterocycles. The summed E-state index contributed by atoms with van der Waals surface area (Å²) in [6.45, 7) is 5.47. The Hall–Kier alpha value is -2.14. The quantitative estimate of drug-likeness (QED) is 0.919. The molecule has 0 radical (unpaired) electrons. The number of hydrogen-bond donors (Lipinski definition) is 1. The highest BCUT2D eigenvalue weighted by Gasteiger charge is 2.24. The van der Waals surface area contributed by atoms with Gasteiger partial charge in [-0.15, -0.1) is 0 Å². The van der Waals surface area contributed by atoms with Gasteiger partial charge in [0.25, 0.3) is 0 Å². The van der Waals surface area contributed by atoms with Crippen molar-refractivity contribution in [1.29, 1.82) is 0 Å². The third-order valence-corrected chi connectivity index (χ3v) is 3.68. The lowest BCUT2D eigenvalue weighted by Crippen LogP contribution is -2.45. The van der Waals surface area contributed by atoms with E-state index in [9.17, 15) is 9.90 Å². The molecule has 1 aliphatic rings. The average Bonchev–Trinajstić information content (AvgIpc) is 2.45. The minimum absolute atomic E-state index is 0.107. The number of aromatic nitrogens is 1. The molecule has 2 unspecified atom stereocenters. The highest BCUT2D eigenvalue weighted by Crippen LogP contribution is 2.25. The van der Waals surface area contributed by atoms with Gasteiger partial charge in [-0.3, -0.25) is 0 Å². The normalized spacial score (nSPS) is 22.5. The van der Waals surface area contributed by atoms with Crippen molar-refractivity contribution in [3.63, 3.8) is 0 Å². The predicted octanol–water partition coefficient (Wildman–Crippen LogP) is 2.55. The number of pyridine rings is 1. The lowest BCUT2D eigenvalue weighted by Gasteiger charge is -2.36. The molecule has 21 heavy (non-hydrogen) atoms. The number of aromatic carboxylic acids is 1. The van der Waals surface area contributed by atoms with Gasteiger partial charge in [-0.1, -0.05) is 18.2 Å². The van der Waals surface area contributed by atoms with E-state index in [1.54, 1.807) is 12.1 Å². The summed E-state index contributed by atoms with van der Waals surface area (Å²) in [5.41, 5.74) is 1.00. The van der Waals surface area contributed by atoms with Gasteiger partial charge in [0.1, 0.15) is 5.82 Å². The molecule has 0 spiro atoms. The Kier molecular flexibility index (Phi) is 3.51. The minimum atomic E-state index is -0.927. The first-order chi connectivity index (χ1) is 10.0. The van der Waals surface area contributed by atoms with Crippen LogP contribution in [-0.2, 0) is 4.74 Å². The average molecular weight is 286 g/mol. The molecule has 0 saturated carbocycles. The summed E-state index contributed by atoms with van der Waals surface area (Å²) in [6.07, 6.45) is 0.214. The van der Waals surface area contributed by atoms with Crippen molar-refractivity contribution < 1.29 is 14.6 Å². The summed E-state index contributed by atoms with van der Waals surface area (Å²) >= 11 is 0. The minimum Gasteiger partial charge on any atom is -0.478 e. The Balaban J connectivity index is 2.08. The second-order valence-corrected chi connectivity index (χ2v) is 5.51. The predicted molar refractivity (Wildman–Crippen MR) is 80.9 cm³/mol. The van der Waals surface area contributed by atoms with Gasteiger partial charge in [0.15, 0.2) is 0 Å². The Bertz CT molecular complexity index is 676. The number of nitrogens with zero attached hydrogens (tertiary/aromatic N) is 2. The summed E-state index contributed by atoms with van der Waals surface area (Å²) in [4.78, 5) is 18.2. The van der Waals surface area contributed by atoms with E-state index < -0.39 is 5.97 Å². The van der Waals surface area contributed by atoms with Gasteiger partial charge in [-0.05, 0) is 26.0 Å². The number of ether oxygens (including phenoxy) is 1. The third-order valence-electron chi connectivity index (χ3n) is 3.68. The first-order valence-corrected chi connectivity index (χ1v) is 7.08. The summed E-state index contributed by atoms with van der Waals surface area (Å²) in [5.74, 6) is -0.225. The Morgan fingerprint density at radius 1 is 1.29 bits per heavy atom. The number of fused-ring (bicyclic) bond motifs is 1. The number of benzene rings is 1. The Labute approximate surface area is 123 Å². The fraction of sp³-hybridized carbons (Fsp3) is 0.375. The van der Waals surface area contributed by atoms with Crippen molar-refractivity contribution >= 4 is 22.7 Å². The molecule has 1 aromatic heterocycles. The smallest absolute Gasteiger partial charge is 0.336 e. The molecule has 3 rings (SSSR count). The topological polar surface area (TPSA) is 62.7 Å². The van der Waals surface area contributed by atoms with Crippen LogP contribution in [0.4, 0.5) is 5.82 Å². The zero-order valence-corrected chi connectivity index (χ0v) is 12.1. The number of anilines is 1. The molecule has 2 aromatic rings. The van der Waals surface area contributed by atoms with Crippen LogP contribution >= 0.6 is 0 Å². The highest BCUT2D eigenvalue weighted by molar-refractivity contribution is 6.03. The van der Waals surface area contributed by atoms with E-state index in [1.807, 2.05) is 32.0 Å². The van der Waals surface area contributed by atoms with Crippen molar-refractivity contribution in [1.82, 2.24) is 4.98 Å². The molecule has 1 saturated heterocycles. The molecule has 1 N–H and O–H groups in total. The molecule has 1 fully saturated rings. The van der Waals surface area contributed by atoms with E-state index in [4.69, 9.17) is 4.74 Å². The van der Waals surface area contributed by atoms with Crippen molar-refractivity contribution in [2.45, 2.75) is 26.1 Å². The number of morpholine rings is 1. The van der Waals surface area contributed by atoms with Crippen LogP contribution in [0.5, 0.6) is 0 Å². The molecule has 1 aromatic carbocycles. The van der Waals surface area contributed by atoms with Gasteiger partial charge in [0, 0.05) is 18.5 Å². The maximum atomic E-state index is 11.5. The molecule has 0 bridgehead atoms. The van der Waals surface area contributed by atoms with E-state index in [0.717, 1.165) is 13.1 Å². The first kappa shape index (κ1) is 13.8. The van der Waals surface area contributed by atoms with Crippen LogP contribution in [0.25, 0.3) is 10.9 Å². The van der Waals surface area contributed by atoms with Gasteiger partial charge >= 0.3 is 5.97 Å². The summed E-state index contributed by atoms with van der Waals surface area (Å²) in [5, 5.41) is 10.1. The molecule has 0 amide bonds. The zero-order chi connectivity index (χ0) is 15.0. The standard InChI is InChI=1S/C16H18N2O3/c1-10-8-18(9-11(2)21-10)15-7-13(16(19)20)12-5-3-4-6-14(12)17-15/h3-7,10-11H,8-9H2,1-2H3,(H,19,20). The van der Waals surface area contributed by atoms with Crippen molar-refractivity contribution in [2.24, 2.45) is 0 Å². The SMILES string of the molecule is CC1CN(c2cc(C(=O)O)c3ccccc3n2)CC(C)O1. The van der Waals surface area contributed by atoms with Crippen LogP contribution in [0.15, 0.2) is 30.3 Å². The first-order valence-electron chi connectivity index (χ1n) is 7.08. The number of carbonyl (C=O) groups is 1. The Morgan fingerprint density at radius 2 is 1.95 bits per heavy atom. The third kappa shape index (κ3) is 2.69. The van der Waals surface area contributed by atoms with E-state index in [2.05, 4.69) is 9.88 Å². The maximum absolute atomic E-state index is 11.5. The number of hydrogen-bond acceptors (Lipinski definition) is 4. The van der Waals surface area contributed by atoms with Gasteiger partial charge in [-0.2, -0.15) is 0 Å². The lowest BCUT2D eigenvalue weighted by molar-refractivity contribution is -0.00544. The fourth-order valence-corrected chi connectivity index (χ4v) is 2.87. The Morgan fingerprint density at radius 3 is 2.62 bits per heavy atom. The molecular formula is C16H18N2O3. The number of carboxylic acids is 1. The number of carboxylic acid groups (broad SMARTS) is 1. The monoisotopic (exact) mass is 286 g/mol. The molecule has 5 nitrogen and oxygen atoms in total. The highest BCUT2D eigenvalue weighted by atomic mass is 16.5. The molecule has 1 aliphatic heterocycles. The molecule has 110 valence electrons. The van der Waals surface area contributed by atoms with E-state index >= 15 is 0 Å². The summed E-state index contributed by atoms with van der Waals surface area (Å²) in [6, 6.07) is 9.00. The second kappa shape index (κ2) is 5.33. The molecule has 5 heteroatoms. The van der Waals surface area contributed by atoms with Crippen LogP contribution in [0.1, 0.15) is 24.2 Å². The van der Waals surface area contributed by atoms with Gasteiger partial charge in [0.2, 0.25) is 0 Å². The van der Waals surface area contributed by atoms with E-state index in [1.165, 1.54) is 0 Å². The van der Waals surface area contributed by atoms with Crippen molar-refractivity contribution in [3.05, 3.63) is 35.9 Å². The zero-order valence-electron chi connectivity index (χ0n) is 12.1. The molecular weight excluding hydrogens is 268 g/mol. The van der Waals surface area contributed by atoms with Crippen LogP contribution in [0, 0.1) is 0 Å². The van der Waals surface area contributed by atoms with Gasteiger partial charge < -0.3 is 14.7 Å². The van der Waals surface area contributed by atoms with Crippen molar-refractivity contribution in [2.75, 3.05) is 18.0 Å². The van der Waals surface area contributed by atoms with Crippen LogP contribution in [-0.4, -0.2) is 41.4 Å². The fourth-order valence-electron chi connectivity index (χ4n) is 2.87. The number of rotatable bonds is 2. The van der Waals surface area contributed by atoms with Crippen LogP contribution in [0.2, 0.25) is 0 Å². The van der Waals surface area contributed by atoms with Gasteiger partial charge in [0.05, 0.1) is 23.3 Å². The number of para-hydroxylation sites is 1. The summed E-state index contributed by atoms with van der Waals surface area (Å²) < 4.78 is 5.72. The molecule has 0 aliphatic carbocycles. The van der Waals surface area contributed by atoms with E-state index in [0.29, 0.717) is 22.3 Å². The second-order valence-electron chi connectivity index (χ2n) is 5.51. The van der Waals surface area contributed by atoms with Crippen LogP contribution in [0.3, 0.4) is 0 Å². The molecule has 2 atom stereocenters. The lowest BCUT2D eigenvalue weighted by atomic mass is 10.1. The van der Waals surface area contributed by atoms with Crippen molar-refractivity contribution in [3.8, 4) is 0 Å². The van der Waals surface area contributed by atoms with E-state index in [-0.39, 0.29) is 12.2 Å². The summed E-state index contributed by atoms with van der Waals surface area (Å²) in [7, 11) is 0. The largest absolute Gasteiger partial charge is 0.478 e. The van der Waals surface area contributed by atoms with Crippen LogP contribution < -0.4 is 4.90 Å². The maximum Gasteiger partial charge on any atom is 0.336 e.